The topological polar surface area (TPSA) is 58.4 Å². The molecule has 0 amide bonds. The second-order valence-electron chi connectivity index (χ2n) is 5.74. The molecule has 0 saturated carbocycles. The highest BCUT2D eigenvalue weighted by Gasteiger charge is 2.26. The first-order valence-corrected chi connectivity index (χ1v) is 7.28. The predicted octanol–water partition coefficient (Wildman–Crippen LogP) is 3.42. The number of nitrogens with one attached hydrogen (secondary N) is 1. The number of rotatable bonds is 4. The van der Waals surface area contributed by atoms with Crippen molar-refractivity contribution in [2.75, 3.05) is 0 Å². The first kappa shape index (κ1) is 14.9. The highest BCUT2D eigenvalue weighted by atomic mass is 16.6. The summed E-state index contributed by atoms with van der Waals surface area (Å²) in [5.74, 6) is 0. The molecular formula is C15H23N3O2. The van der Waals surface area contributed by atoms with Gasteiger partial charge in [0.25, 0.3) is 5.69 Å². The molecule has 1 aromatic rings. The van der Waals surface area contributed by atoms with Gasteiger partial charge in [0, 0.05) is 30.3 Å². The second-order valence-corrected chi connectivity index (χ2v) is 5.74. The van der Waals surface area contributed by atoms with Crippen LogP contribution in [0.3, 0.4) is 0 Å². The summed E-state index contributed by atoms with van der Waals surface area (Å²) in [6.45, 7) is 6.58. The van der Waals surface area contributed by atoms with Crippen LogP contribution < -0.4 is 5.43 Å². The smallest absolute Gasteiger partial charge is 0.258 e. The van der Waals surface area contributed by atoms with Crippen LogP contribution in [0.5, 0.6) is 0 Å². The maximum absolute atomic E-state index is 10.7. The van der Waals surface area contributed by atoms with Crippen molar-refractivity contribution in [2.24, 2.45) is 0 Å². The molecule has 1 N–H and O–H groups in total. The summed E-state index contributed by atoms with van der Waals surface area (Å²) in [6, 6.07) is 7.99. The monoisotopic (exact) mass is 277 g/mol. The van der Waals surface area contributed by atoms with Gasteiger partial charge >= 0.3 is 0 Å². The third kappa shape index (κ3) is 3.35. The van der Waals surface area contributed by atoms with E-state index in [1.165, 1.54) is 19.3 Å². The van der Waals surface area contributed by atoms with Gasteiger partial charge in [-0.15, -0.1) is 0 Å². The number of hydrogen-bond acceptors (Lipinski definition) is 4. The molecule has 20 heavy (non-hydrogen) atoms. The number of non-ortho nitro benzene ring substituents is 1. The fraction of sp³-hybridized carbons (Fsp3) is 0.600. The molecule has 0 aliphatic carbocycles. The highest BCUT2D eigenvalue weighted by molar-refractivity contribution is 5.33. The third-order valence-electron chi connectivity index (χ3n) is 4.14. The fourth-order valence-corrected chi connectivity index (χ4v) is 2.86. The minimum Gasteiger partial charge on any atom is -0.258 e. The lowest BCUT2D eigenvalue weighted by atomic mass is 9.99. The summed E-state index contributed by atoms with van der Waals surface area (Å²) < 4.78 is 0. The van der Waals surface area contributed by atoms with Gasteiger partial charge in [0.1, 0.15) is 0 Å². The van der Waals surface area contributed by atoms with Gasteiger partial charge in [-0.25, -0.2) is 10.4 Å². The summed E-state index contributed by atoms with van der Waals surface area (Å²) in [5, 5.41) is 13.0. The van der Waals surface area contributed by atoms with Crippen molar-refractivity contribution in [1.82, 2.24) is 10.4 Å². The van der Waals surface area contributed by atoms with Gasteiger partial charge in [-0.05, 0) is 39.2 Å². The van der Waals surface area contributed by atoms with E-state index < -0.39 is 0 Å². The Bertz CT molecular complexity index is 451. The molecule has 1 heterocycles. The quantitative estimate of drug-likeness (QED) is 0.676. The van der Waals surface area contributed by atoms with Gasteiger partial charge in [0.15, 0.2) is 0 Å². The van der Waals surface area contributed by atoms with Crippen LogP contribution in [-0.4, -0.2) is 22.0 Å². The molecular weight excluding hydrogens is 254 g/mol. The average molecular weight is 277 g/mol. The minimum absolute atomic E-state index is 0.139. The summed E-state index contributed by atoms with van der Waals surface area (Å²) in [6.07, 6.45) is 3.71. The van der Waals surface area contributed by atoms with Crippen LogP contribution in [0, 0.1) is 10.1 Å². The van der Waals surface area contributed by atoms with E-state index >= 15 is 0 Å². The molecule has 0 radical (unpaired) electrons. The summed E-state index contributed by atoms with van der Waals surface area (Å²) in [4.78, 5) is 10.3. The lowest BCUT2D eigenvalue weighted by Gasteiger charge is -2.40. The number of hydrogen-bond donors (Lipinski definition) is 1. The van der Waals surface area contributed by atoms with Crippen LogP contribution in [0.15, 0.2) is 24.3 Å². The molecule has 1 aliphatic rings. The Labute approximate surface area is 120 Å². The first-order chi connectivity index (χ1) is 9.49. The van der Waals surface area contributed by atoms with Crippen LogP contribution >= 0.6 is 0 Å². The molecule has 3 atom stereocenters. The van der Waals surface area contributed by atoms with Crippen LogP contribution in [0.1, 0.15) is 51.6 Å². The van der Waals surface area contributed by atoms with E-state index in [-0.39, 0.29) is 16.7 Å². The van der Waals surface area contributed by atoms with E-state index in [2.05, 4.69) is 31.2 Å². The fourth-order valence-electron chi connectivity index (χ4n) is 2.86. The van der Waals surface area contributed by atoms with Crippen LogP contribution in [0.25, 0.3) is 0 Å². The lowest BCUT2D eigenvalue weighted by molar-refractivity contribution is -0.384. The molecule has 0 bridgehead atoms. The number of nitrogens with zero attached hydrogens (tertiary/aromatic N) is 2. The van der Waals surface area contributed by atoms with E-state index in [1.807, 2.05) is 12.1 Å². The Kier molecular flexibility index (Phi) is 4.73. The molecule has 5 heteroatoms. The van der Waals surface area contributed by atoms with Crippen molar-refractivity contribution in [3.63, 3.8) is 0 Å². The van der Waals surface area contributed by atoms with E-state index in [0.717, 1.165) is 5.56 Å². The second kappa shape index (κ2) is 6.33. The van der Waals surface area contributed by atoms with Crippen molar-refractivity contribution in [2.45, 2.75) is 58.2 Å². The SMILES string of the molecule is CC(NN1C(C)CCCC1C)c1ccc([N+](=O)[O-])cc1. The maximum Gasteiger partial charge on any atom is 0.269 e. The Morgan fingerprint density at radius 3 is 2.30 bits per heavy atom. The Hall–Kier alpha value is -1.46. The zero-order chi connectivity index (χ0) is 14.7. The van der Waals surface area contributed by atoms with Crippen molar-refractivity contribution >= 4 is 5.69 Å². The normalized spacial score (nSPS) is 25.4. The van der Waals surface area contributed by atoms with Gasteiger partial charge in [-0.2, -0.15) is 0 Å². The molecule has 110 valence electrons. The van der Waals surface area contributed by atoms with E-state index in [9.17, 15) is 10.1 Å². The van der Waals surface area contributed by atoms with Crippen LogP contribution in [0.4, 0.5) is 5.69 Å². The molecule has 1 aromatic carbocycles. The van der Waals surface area contributed by atoms with E-state index in [1.54, 1.807) is 12.1 Å². The van der Waals surface area contributed by atoms with Gasteiger partial charge in [0.2, 0.25) is 0 Å². The average Bonchev–Trinajstić information content (AvgIpc) is 2.43. The number of piperidine rings is 1. The minimum atomic E-state index is -0.364. The molecule has 1 saturated heterocycles. The zero-order valence-electron chi connectivity index (χ0n) is 12.4. The molecule has 5 nitrogen and oxygen atoms in total. The Morgan fingerprint density at radius 2 is 1.80 bits per heavy atom. The Morgan fingerprint density at radius 1 is 1.25 bits per heavy atom. The summed E-state index contributed by atoms with van der Waals surface area (Å²) in [5.41, 5.74) is 4.76. The maximum atomic E-state index is 10.7. The van der Waals surface area contributed by atoms with Crippen molar-refractivity contribution in [1.29, 1.82) is 0 Å². The standard InChI is InChI=1S/C15H23N3O2/c1-11-5-4-6-12(2)17(11)16-13(3)14-7-9-15(10-8-14)18(19)20/h7-13,16H,4-6H2,1-3H3. The van der Waals surface area contributed by atoms with Crippen LogP contribution in [0.2, 0.25) is 0 Å². The molecule has 3 unspecified atom stereocenters. The van der Waals surface area contributed by atoms with Crippen molar-refractivity contribution < 1.29 is 4.92 Å². The largest absolute Gasteiger partial charge is 0.269 e. The van der Waals surface area contributed by atoms with Gasteiger partial charge in [0.05, 0.1) is 4.92 Å². The number of hydrazine groups is 1. The first-order valence-electron chi connectivity index (χ1n) is 7.28. The third-order valence-corrected chi connectivity index (χ3v) is 4.14. The number of nitro groups is 1. The molecule has 0 spiro atoms. The van der Waals surface area contributed by atoms with E-state index in [0.29, 0.717) is 12.1 Å². The van der Waals surface area contributed by atoms with Gasteiger partial charge in [-0.3, -0.25) is 10.1 Å². The van der Waals surface area contributed by atoms with Crippen molar-refractivity contribution in [3.05, 3.63) is 39.9 Å². The molecule has 1 fully saturated rings. The zero-order valence-corrected chi connectivity index (χ0v) is 12.4. The summed E-state index contributed by atoms with van der Waals surface area (Å²) >= 11 is 0. The Balaban J connectivity index is 2.03. The predicted molar refractivity (Wildman–Crippen MR) is 79.3 cm³/mol. The number of benzene rings is 1. The van der Waals surface area contributed by atoms with Gasteiger partial charge < -0.3 is 0 Å². The van der Waals surface area contributed by atoms with E-state index in [4.69, 9.17) is 0 Å². The number of nitro benzene ring substituents is 1. The lowest BCUT2D eigenvalue weighted by Crippen LogP contribution is -2.52. The van der Waals surface area contributed by atoms with Crippen molar-refractivity contribution in [3.8, 4) is 0 Å². The molecule has 0 aromatic heterocycles. The van der Waals surface area contributed by atoms with Gasteiger partial charge in [-0.1, -0.05) is 18.6 Å². The highest BCUT2D eigenvalue weighted by Crippen LogP contribution is 2.24. The molecule has 2 rings (SSSR count). The van der Waals surface area contributed by atoms with Crippen LogP contribution in [-0.2, 0) is 0 Å². The summed E-state index contributed by atoms with van der Waals surface area (Å²) in [7, 11) is 0. The molecule has 1 aliphatic heterocycles.